The first-order valence-electron chi connectivity index (χ1n) is 6.82. The van der Waals surface area contributed by atoms with E-state index in [9.17, 15) is 18.0 Å². The topological polar surface area (TPSA) is 20.3 Å². The van der Waals surface area contributed by atoms with Crippen LogP contribution in [-0.4, -0.2) is 30.3 Å². The molecular weight excluding hydrogens is 267 g/mol. The third kappa shape index (κ3) is 3.60. The van der Waals surface area contributed by atoms with Crippen LogP contribution >= 0.6 is 0 Å². The first-order chi connectivity index (χ1) is 9.38. The highest BCUT2D eigenvalue weighted by atomic mass is 19.4. The highest BCUT2D eigenvalue weighted by Gasteiger charge is 2.31. The Hall–Kier alpha value is -1.36. The average molecular weight is 285 g/mol. The molecule has 1 unspecified atom stereocenters. The van der Waals surface area contributed by atoms with Crippen LogP contribution in [0.5, 0.6) is 0 Å². The van der Waals surface area contributed by atoms with Crippen molar-refractivity contribution in [2.45, 2.75) is 25.9 Å². The number of Topliss-reactive ketones (excluding diaryl/α,β-unsaturated/α-hetero) is 1. The zero-order chi connectivity index (χ0) is 14.8. The predicted molar refractivity (Wildman–Crippen MR) is 70.6 cm³/mol. The number of carbonyl (C=O) groups excluding carboxylic acids is 1. The van der Waals surface area contributed by atoms with Crippen LogP contribution in [0.4, 0.5) is 13.2 Å². The van der Waals surface area contributed by atoms with E-state index in [0.717, 1.165) is 38.1 Å². The summed E-state index contributed by atoms with van der Waals surface area (Å²) in [5, 5.41) is 0. The molecule has 0 aromatic heterocycles. The molecule has 0 amide bonds. The third-order valence-electron chi connectivity index (χ3n) is 3.65. The number of benzene rings is 1. The second-order valence-corrected chi connectivity index (χ2v) is 5.35. The zero-order valence-corrected chi connectivity index (χ0v) is 11.4. The number of carbonyl (C=O) groups is 1. The van der Waals surface area contributed by atoms with Crippen LogP contribution in [0.2, 0.25) is 0 Å². The quantitative estimate of drug-likeness (QED) is 0.787. The molecule has 1 atom stereocenters. The fourth-order valence-electron chi connectivity index (χ4n) is 2.57. The summed E-state index contributed by atoms with van der Waals surface area (Å²) in [6.07, 6.45) is -2.15. The lowest BCUT2D eigenvalue weighted by molar-refractivity contribution is -0.137. The molecule has 1 fully saturated rings. The minimum absolute atomic E-state index is 0.145. The highest BCUT2D eigenvalue weighted by molar-refractivity contribution is 5.97. The Bertz CT molecular complexity index is 478. The number of hydrogen-bond donors (Lipinski definition) is 0. The van der Waals surface area contributed by atoms with Gasteiger partial charge >= 0.3 is 6.18 Å². The smallest absolute Gasteiger partial charge is 0.303 e. The molecule has 1 aliphatic rings. The lowest BCUT2D eigenvalue weighted by Crippen LogP contribution is -2.29. The van der Waals surface area contributed by atoms with E-state index in [0.29, 0.717) is 6.54 Å². The summed E-state index contributed by atoms with van der Waals surface area (Å²) in [6.45, 7) is 4.34. The van der Waals surface area contributed by atoms with Crippen LogP contribution in [0.15, 0.2) is 24.3 Å². The monoisotopic (exact) mass is 285 g/mol. The Kier molecular flexibility index (Phi) is 4.48. The Morgan fingerprint density at radius 2 is 1.95 bits per heavy atom. The Morgan fingerprint density at radius 3 is 2.55 bits per heavy atom. The van der Waals surface area contributed by atoms with E-state index in [1.807, 2.05) is 0 Å². The van der Waals surface area contributed by atoms with Gasteiger partial charge in [-0.3, -0.25) is 4.79 Å². The summed E-state index contributed by atoms with van der Waals surface area (Å²) >= 11 is 0. The summed E-state index contributed by atoms with van der Waals surface area (Å²) in [7, 11) is 0. The van der Waals surface area contributed by atoms with Crippen LogP contribution in [0.25, 0.3) is 0 Å². The third-order valence-corrected chi connectivity index (χ3v) is 3.65. The number of hydrogen-bond acceptors (Lipinski definition) is 2. The minimum Gasteiger partial charge on any atom is -0.303 e. The zero-order valence-electron chi connectivity index (χ0n) is 11.4. The lowest BCUT2D eigenvalue weighted by Gasteiger charge is -2.19. The number of likely N-dealkylation sites (tertiary alicyclic amines) is 1. The fourth-order valence-corrected chi connectivity index (χ4v) is 2.57. The molecule has 0 spiro atoms. The molecule has 0 bridgehead atoms. The maximum atomic E-state index is 12.6. The van der Waals surface area contributed by atoms with E-state index in [2.05, 4.69) is 4.90 Å². The van der Waals surface area contributed by atoms with E-state index < -0.39 is 11.7 Å². The van der Waals surface area contributed by atoms with E-state index in [1.165, 1.54) is 12.1 Å². The molecule has 110 valence electrons. The Balaban J connectivity index is 2.08. The molecule has 0 aliphatic carbocycles. The van der Waals surface area contributed by atoms with Gasteiger partial charge in [-0.2, -0.15) is 13.2 Å². The van der Waals surface area contributed by atoms with Crippen molar-refractivity contribution >= 4 is 5.78 Å². The highest BCUT2D eigenvalue weighted by Crippen LogP contribution is 2.30. The fraction of sp³-hybridized carbons (Fsp3) is 0.533. The van der Waals surface area contributed by atoms with E-state index in [1.54, 1.807) is 6.92 Å². The summed E-state index contributed by atoms with van der Waals surface area (Å²) < 4.78 is 37.9. The van der Waals surface area contributed by atoms with E-state index in [-0.39, 0.29) is 17.3 Å². The number of rotatable bonds is 4. The van der Waals surface area contributed by atoms with Gasteiger partial charge in [0.2, 0.25) is 0 Å². The SMILES string of the molecule is CC(CN1CCCC1)C(=O)c1cccc(C(F)(F)F)c1. The van der Waals surface area contributed by atoms with Gasteiger partial charge < -0.3 is 4.90 Å². The molecule has 1 heterocycles. The minimum atomic E-state index is -4.41. The van der Waals surface area contributed by atoms with Crippen LogP contribution in [0.1, 0.15) is 35.7 Å². The average Bonchev–Trinajstić information content (AvgIpc) is 2.90. The van der Waals surface area contributed by atoms with Crippen molar-refractivity contribution in [3.8, 4) is 0 Å². The molecule has 1 aromatic carbocycles. The van der Waals surface area contributed by atoms with Crippen molar-refractivity contribution in [3.05, 3.63) is 35.4 Å². The number of alkyl halides is 3. The molecular formula is C15H18F3NO. The van der Waals surface area contributed by atoms with E-state index >= 15 is 0 Å². The lowest BCUT2D eigenvalue weighted by atomic mass is 9.97. The van der Waals surface area contributed by atoms with E-state index in [4.69, 9.17) is 0 Å². The molecule has 1 aliphatic heterocycles. The molecule has 2 rings (SSSR count). The van der Waals surface area contributed by atoms with Gasteiger partial charge in [0.1, 0.15) is 0 Å². The van der Waals surface area contributed by atoms with Gasteiger partial charge in [0.05, 0.1) is 5.56 Å². The van der Waals surface area contributed by atoms with Crippen molar-refractivity contribution in [2.24, 2.45) is 5.92 Å². The standard InChI is InChI=1S/C15H18F3NO/c1-11(10-19-7-2-3-8-19)14(20)12-5-4-6-13(9-12)15(16,17)18/h4-6,9,11H,2-3,7-8,10H2,1H3. The molecule has 0 N–H and O–H groups in total. The molecule has 0 radical (unpaired) electrons. The van der Waals surface area contributed by atoms with Gasteiger partial charge in [-0.05, 0) is 38.1 Å². The van der Waals surface area contributed by atoms with Gasteiger partial charge in [-0.25, -0.2) is 0 Å². The summed E-state index contributed by atoms with van der Waals surface area (Å²) in [5.41, 5.74) is -0.622. The van der Waals surface area contributed by atoms with Crippen LogP contribution < -0.4 is 0 Å². The molecule has 0 saturated carbocycles. The van der Waals surface area contributed by atoms with Crippen molar-refractivity contribution < 1.29 is 18.0 Å². The largest absolute Gasteiger partial charge is 0.416 e. The molecule has 5 heteroatoms. The first-order valence-corrected chi connectivity index (χ1v) is 6.82. The van der Waals surface area contributed by atoms with Gasteiger partial charge in [0.15, 0.2) is 5.78 Å². The second-order valence-electron chi connectivity index (χ2n) is 5.35. The van der Waals surface area contributed by atoms with Gasteiger partial charge in [-0.1, -0.05) is 19.1 Å². The normalized spacial score (nSPS) is 18.2. The predicted octanol–water partition coefficient (Wildman–Crippen LogP) is 3.62. The van der Waals surface area contributed by atoms with Gasteiger partial charge in [-0.15, -0.1) is 0 Å². The van der Waals surface area contributed by atoms with Gasteiger partial charge in [0, 0.05) is 18.0 Å². The van der Waals surface area contributed by atoms with Crippen molar-refractivity contribution in [3.63, 3.8) is 0 Å². The number of nitrogens with zero attached hydrogens (tertiary/aromatic N) is 1. The van der Waals surface area contributed by atoms with Crippen LogP contribution in [0, 0.1) is 5.92 Å². The summed E-state index contributed by atoms with van der Waals surface area (Å²) in [4.78, 5) is 14.4. The molecule has 20 heavy (non-hydrogen) atoms. The maximum Gasteiger partial charge on any atom is 0.416 e. The number of ketones is 1. The molecule has 2 nitrogen and oxygen atoms in total. The second kappa shape index (κ2) is 5.95. The van der Waals surface area contributed by atoms with Crippen molar-refractivity contribution in [2.75, 3.05) is 19.6 Å². The number of halogens is 3. The first kappa shape index (κ1) is 15.0. The van der Waals surface area contributed by atoms with Gasteiger partial charge in [0.25, 0.3) is 0 Å². The Morgan fingerprint density at radius 1 is 1.30 bits per heavy atom. The summed E-state index contributed by atoms with van der Waals surface area (Å²) in [6, 6.07) is 4.68. The van der Waals surface area contributed by atoms with Crippen molar-refractivity contribution in [1.82, 2.24) is 4.90 Å². The van der Waals surface area contributed by atoms with Crippen LogP contribution in [0.3, 0.4) is 0 Å². The van der Waals surface area contributed by atoms with Crippen LogP contribution in [-0.2, 0) is 6.18 Å². The molecule has 1 saturated heterocycles. The Labute approximate surface area is 116 Å². The maximum absolute atomic E-state index is 12.6. The van der Waals surface area contributed by atoms with Crippen molar-refractivity contribution in [1.29, 1.82) is 0 Å². The summed E-state index contributed by atoms with van der Waals surface area (Å²) in [5.74, 6) is -0.500. The molecule has 1 aromatic rings.